The van der Waals surface area contributed by atoms with Gasteiger partial charge < -0.3 is 15.1 Å². The minimum absolute atomic E-state index is 0.185. The van der Waals surface area contributed by atoms with Crippen molar-refractivity contribution in [1.82, 2.24) is 4.90 Å². The number of rotatable bonds is 5. The average Bonchev–Trinajstić information content (AvgIpc) is 2.43. The number of benzene rings is 1. The largest absolute Gasteiger partial charge is 0.504 e. The molecule has 0 saturated heterocycles. The maximum absolute atomic E-state index is 12.1. The summed E-state index contributed by atoms with van der Waals surface area (Å²) in [5, 5.41) is 29.7. The summed E-state index contributed by atoms with van der Waals surface area (Å²) in [6.45, 7) is 6.41. The molecule has 1 aromatic rings. The maximum atomic E-state index is 12.1. The van der Waals surface area contributed by atoms with Gasteiger partial charge in [-0.2, -0.15) is 0 Å². The van der Waals surface area contributed by atoms with Gasteiger partial charge in [-0.25, -0.2) is 0 Å². The van der Waals surface area contributed by atoms with Crippen molar-refractivity contribution in [3.63, 3.8) is 0 Å². The number of carbonyl (C=O) groups is 1. The van der Waals surface area contributed by atoms with Gasteiger partial charge in [0.05, 0.1) is 4.92 Å². The lowest BCUT2D eigenvalue weighted by molar-refractivity contribution is -0.386. The molecule has 0 unspecified atom stereocenters. The monoisotopic (exact) mass is 294 g/mol. The summed E-state index contributed by atoms with van der Waals surface area (Å²) in [4.78, 5) is 23.7. The summed E-state index contributed by atoms with van der Waals surface area (Å²) < 4.78 is 0. The molecule has 0 fully saturated rings. The lowest BCUT2D eigenvalue weighted by Crippen LogP contribution is -2.30. The fourth-order valence-electron chi connectivity index (χ4n) is 1.92. The number of phenols is 2. The van der Waals surface area contributed by atoms with E-state index in [9.17, 15) is 25.1 Å². The molecular weight excluding hydrogens is 276 g/mol. The first-order chi connectivity index (χ1) is 9.81. The van der Waals surface area contributed by atoms with Crippen LogP contribution in [0, 0.1) is 10.1 Å². The van der Waals surface area contributed by atoms with Gasteiger partial charge in [-0.05, 0) is 38.5 Å². The standard InChI is InChI=1S/C14H18N2O5/c1-4-15(5-2)14(19)9(3)6-10-7-11(16(20)21)13(18)12(17)8-10/h6-8,17-18H,4-5H2,1-3H3/b9-6+. The molecule has 0 aliphatic heterocycles. The van der Waals surface area contributed by atoms with Gasteiger partial charge >= 0.3 is 5.69 Å². The number of nitro benzene ring substituents is 1. The summed E-state index contributed by atoms with van der Waals surface area (Å²) in [5.74, 6) is -1.57. The SMILES string of the molecule is CCN(CC)C(=O)/C(C)=C/c1cc(O)c(O)c([N+](=O)[O-])c1. The smallest absolute Gasteiger partial charge is 0.315 e. The molecule has 0 spiro atoms. The molecule has 7 heteroatoms. The van der Waals surface area contributed by atoms with Crippen molar-refractivity contribution >= 4 is 17.7 Å². The van der Waals surface area contributed by atoms with Crippen molar-refractivity contribution in [3.8, 4) is 11.5 Å². The highest BCUT2D eigenvalue weighted by molar-refractivity contribution is 5.97. The van der Waals surface area contributed by atoms with Gasteiger partial charge in [-0.3, -0.25) is 14.9 Å². The third-order valence-electron chi connectivity index (χ3n) is 3.06. The van der Waals surface area contributed by atoms with Gasteiger partial charge in [-0.15, -0.1) is 0 Å². The minimum atomic E-state index is -0.798. The van der Waals surface area contributed by atoms with E-state index in [0.29, 0.717) is 18.7 Å². The van der Waals surface area contributed by atoms with Crippen molar-refractivity contribution in [1.29, 1.82) is 0 Å². The highest BCUT2D eigenvalue weighted by Gasteiger charge is 2.19. The molecule has 1 rings (SSSR count). The van der Waals surface area contributed by atoms with E-state index in [1.807, 2.05) is 13.8 Å². The Morgan fingerprint density at radius 2 is 1.90 bits per heavy atom. The van der Waals surface area contributed by atoms with Crippen molar-refractivity contribution in [2.75, 3.05) is 13.1 Å². The predicted molar refractivity (Wildman–Crippen MR) is 78.0 cm³/mol. The van der Waals surface area contributed by atoms with Gasteiger partial charge in [0, 0.05) is 24.7 Å². The van der Waals surface area contributed by atoms with Crippen LogP contribution in [0.5, 0.6) is 11.5 Å². The molecule has 0 aliphatic carbocycles. The van der Waals surface area contributed by atoms with Crippen LogP contribution in [-0.4, -0.2) is 39.0 Å². The number of aromatic hydroxyl groups is 2. The number of phenolic OH excluding ortho intramolecular Hbond substituents is 2. The molecule has 0 heterocycles. The molecule has 114 valence electrons. The van der Waals surface area contributed by atoms with Crippen LogP contribution in [0.25, 0.3) is 6.08 Å². The summed E-state index contributed by atoms with van der Waals surface area (Å²) in [6, 6.07) is 2.27. The van der Waals surface area contributed by atoms with Crippen LogP contribution in [-0.2, 0) is 4.79 Å². The Hall–Kier alpha value is -2.57. The van der Waals surface area contributed by atoms with Gasteiger partial charge in [0.25, 0.3) is 0 Å². The summed E-state index contributed by atoms with van der Waals surface area (Å²) in [6.07, 6.45) is 1.44. The van der Waals surface area contributed by atoms with Gasteiger partial charge in [0.15, 0.2) is 5.75 Å². The molecule has 1 amide bonds. The zero-order valence-corrected chi connectivity index (χ0v) is 12.2. The molecule has 1 aromatic carbocycles. The topological polar surface area (TPSA) is 104 Å². The Morgan fingerprint density at radius 3 is 2.38 bits per heavy atom. The van der Waals surface area contributed by atoms with E-state index < -0.39 is 22.1 Å². The molecule has 0 bridgehead atoms. The first kappa shape index (κ1) is 16.5. The molecular formula is C14H18N2O5. The Bertz CT molecular complexity index is 591. The number of carbonyl (C=O) groups excluding carboxylic acids is 1. The summed E-state index contributed by atoms with van der Waals surface area (Å²) >= 11 is 0. The van der Waals surface area contributed by atoms with Crippen molar-refractivity contribution in [2.45, 2.75) is 20.8 Å². The van der Waals surface area contributed by atoms with E-state index >= 15 is 0 Å². The predicted octanol–water partition coefficient (Wildman–Crippen LogP) is 2.28. The Balaban J connectivity index is 3.20. The average molecular weight is 294 g/mol. The van der Waals surface area contributed by atoms with Crippen LogP contribution < -0.4 is 0 Å². The summed E-state index contributed by atoms with van der Waals surface area (Å²) in [5.41, 5.74) is 0.0532. The fourth-order valence-corrected chi connectivity index (χ4v) is 1.92. The van der Waals surface area contributed by atoms with Crippen LogP contribution in [0.2, 0.25) is 0 Å². The Morgan fingerprint density at radius 1 is 1.33 bits per heavy atom. The molecule has 7 nitrogen and oxygen atoms in total. The zero-order chi connectivity index (χ0) is 16.2. The number of amides is 1. The third kappa shape index (κ3) is 3.71. The minimum Gasteiger partial charge on any atom is -0.504 e. The van der Waals surface area contributed by atoms with Gasteiger partial charge in [-0.1, -0.05) is 0 Å². The van der Waals surface area contributed by atoms with Crippen LogP contribution in [0.4, 0.5) is 5.69 Å². The Kier molecular flexibility index (Phi) is 5.29. The first-order valence-corrected chi connectivity index (χ1v) is 6.49. The van der Waals surface area contributed by atoms with Crippen LogP contribution >= 0.6 is 0 Å². The first-order valence-electron chi connectivity index (χ1n) is 6.49. The number of likely N-dealkylation sites (N-methyl/N-ethyl adjacent to an activating group) is 1. The summed E-state index contributed by atoms with van der Waals surface area (Å²) in [7, 11) is 0. The number of hydrogen-bond acceptors (Lipinski definition) is 5. The zero-order valence-electron chi connectivity index (χ0n) is 12.2. The van der Waals surface area contributed by atoms with E-state index in [1.54, 1.807) is 11.8 Å². The molecule has 0 radical (unpaired) electrons. The van der Waals surface area contributed by atoms with Crippen LogP contribution in [0.15, 0.2) is 17.7 Å². The van der Waals surface area contributed by atoms with Crippen LogP contribution in [0.3, 0.4) is 0 Å². The Labute approximate surface area is 122 Å². The highest BCUT2D eigenvalue weighted by Crippen LogP contribution is 2.36. The third-order valence-corrected chi connectivity index (χ3v) is 3.06. The van der Waals surface area contributed by atoms with Crippen molar-refractivity contribution in [2.24, 2.45) is 0 Å². The normalized spacial score (nSPS) is 11.3. The number of hydrogen-bond donors (Lipinski definition) is 2. The molecule has 21 heavy (non-hydrogen) atoms. The molecule has 0 aromatic heterocycles. The number of nitro groups is 1. The van der Waals surface area contributed by atoms with E-state index in [2.05, 4.69) is 0 Å². The van der Waals surface area contributed by atoms with E-state index in [-0.39, 0.29) is 11.5 Å². The molecule has 0 atom stereocenters. The van der Waals surface area contributed by atoms with Crippen molar-refractivity contribution in [3.05, 3.63) is 33.4 Å². The second kappa shape index (κ2) is 6.74. The molecule has 0 aliphatic rings. The van der Waals surface area contributed by atoms with Gasteiger partial charge in [0.2, 0.25) is 11.7 Å². The van der Waals surface area contributed by atoms with Crippen LogP contribution in [0.1, 0.15) is 26.3 Å². The lowest BCUT2D eigenvalue weighted by atomic mass is 10.1. The second-order valence-corrected chi connectivity index (χ2v) is 4.47. The molecule has 0 saturated carbocycles. The fraction of sp³-hybridized carbons (Fsp3) is 0.357. The second-order valence-electron chi connectivity index (χ2n) is 4.47. The highest BCUT2D eigenvalue weighted by atomic mass is 16.6. The maximum Gasteiger partial charge on any atom is 0.315 e. The van der Waals surface area contributed by atoms with Gasteiger partial charge in [0.1, 0.15) is 0 Å². The number of nitrogens with zero attached hydrogens (tertiary/aromatic N) is 2. The van der Waals surface area contributed by atoms with E-state index in [0.717, 1.165) is 6.07 Å². The quantitative estimate of drug-likeness (QED) is 0.375. The van der Waals surface area contributed by atoms with E-state index in [1.165, 1.54) is 12.1 Å². The lowest BCUT2D eigenvalue weighted by Gasteiger charge is -2.18. The molecule has 2 N–H and O–H groups in total. The van der Waals surface area contributed by atoms with E-state index in [4.69, 9.17) is 0 Å². The van der Waals surface area contributed by atoms with Crippen molar-refractivity contribution < 1.29 is 19.9 Å².